The molecule has 2 unspecified atom stereocenters. The standard InChI is InChI=1S/C20H16Br2N2O4/c21-15-9-3-6-12(23-15)19(27)17(18(26)11-5-1-2-8-14(11)25)20(28)13-7-4-10-16(22)24-13/h1-10,17,19-20,25,27-28H. The Bertz CT molecular complexity index is 948. The lowest BCUT2D eigenvalue weighted by Gasteiger charge is -2.26. The van der Waals surface area contributed by atoms with Crippen LogP contribution in [0, 0.1) is 5.92 Å². The van der Waals surface area contributed by atoms with E-state index in [0.29, 0.717) is 9.21 Å². The monoisotopic (exact) mass is 506 g/mol. The molecule has 1 aromatic carbocycles. The quantitative estimate of drug-likeness (QED) is 0.344. The van der Waals surface area contributed by atoms with Crippen LogP contribution < -0.4 is 0 Å². The average molecular weight is 508 g/mol. The van der Waals surface area contributed by atoms with Crippen LogP contribution in [-0.4, -0.2) is 31.1 Å². The number of rotatable bonds is 6. The van der Waals surface area contributed by atoms with Crippen molar-refractivity contribution < 1.29 is 20.1 Å². The summed E-state index contributed by atoms with van der Waals surface area (Å²) in [7, 11) is 0. The molecule has 28 heavy (non-hydrogen) atoms. The summed E-state index contributed by atoms with van der Waals surface area (Å²) in [4.78, 5) is 21.6. The number of Topliss-reactive ketones (excluding diaryl/α,β-unsaturated/α-hetero) is 1. The van der Waals surface area contributed by atoms with Gasteiger partial charge in [0.25, 0.3) is 0 Å². The van der Waals surface area contributed by atoms with Gasteiger partial charge >= 0.3 is 0 Å². The number of hydrogen-bond donors (Lipinski definition) is 3. The number of nitrogens with zero attached hydrogens (tertiary/aromatic N) is 2. The van der Waals surface area contributed by atoms with E-state index in [1.807, 2.05) is 0 Å². The summed E-state index contributed by atoms with van der Waals surface area (Å²) in [5, 5.41) is 32.0. The van der Waals surface area contributed by atoms with Crippen LogP contribution in [0.1, 0.15) is 34.0 Å². The summed E-state index contributed by atoms with van der Waals surface area (Å²) < 4.78 is 0.959. The predicted octanol–water partition coefficient (Wildman–Crippen LogP) is 3.97. The highest BCUT2D eigenvalue weighted by Crippen LogP contribution is 2.36. The number of aromatic nitrogens is 2. The number of phenols is 1. The van der Waals surface area contributed by atoms with Crippen LogP contribution in [0.25, 0.3) is 0 Å². The van der Waals surface area contributed by atoms with Gasteiger partial charge in [-0.2, -0.15) is 0 Å². The number of para-hydroxylation sites is 1. The molecule has 2 heterocycles. The molecule has 0 saturated carbocycles. The smallest absolute Gasteiger partial charge is 0.175 e. The highest BCUT2D eigenvalue weighted by atomic mass is 79.9. The van der Waals surface area contributed by atoms with Crippen molar-refractivity contribution in [3.8, 4) is 5.75 Å². The Morgan fingerprint density at radius 1 is 0.786 bits per heavy atom. The number of pyridine rings is 2. The van der Waals surface area contributed by atoms with Crippen molar-refractivity contribution in [1.29, 1.82) is 0 Å². The maximum atomic E-state index is 13.2. The summed E-state index contributed by atoms with van der Waals surface area (Å²) >= 11 is 6.47. The van der Waals surface area contributed by atoms with Crippen LogP contribution in [0.2, 0.25) is 0 Å². The van der Waals surface area contributed by atoms with Crippen molar-refractivity contribution in [3.63, 3.8) is 0 Å². The first-order valence-corrected chi connectivity index (χ1v) is 9.90. The van der Waals surface area contributed by atoms with Crippen molar-refractivity contribution in [1.82, 2.24) is 9.97 Å². The van der Waals surface area contributed by atoms with Gasteiger partial charge in [-0.15, -0.1) is 0 Å². The zero-order valence-electron chi connectivity index (χ0n) is 14.4. The fraction of sp³-hybridized carbons (Fsp3) is 0.150. The third-order valence-electron chi connectivity index (χ3n) is 4.23. The number of aromatic hydroxyl groups is 1. The number of phenolic OH excluding ortho intramolecular Hbond substituents is 1. The van der Waals surface area contributed by atoms with E-state index in [0.717, 1.165) is 0 Å². The van der Waals surface area contributed by atoms with E-state index in [2.05, 4.69) is 41.8 Å². The van der Waals surface area contributed by atoms with Crippen molar-refractivity contribution in [2.24, 2.45) is 5.92 Å². The van der Waals surface area contributed by atoms with Gasteiger partial charge in [0.15, 0.2) is 5.78 Å². The molecule has 0 radical (unpaired) electrons. The molecule has 0 aliphatic rings. The van der Waals surface area contributed by atoms with Crippen molar-refractivity contribution in [2.75, 3.05) is 0 Å². The SMILES string of the molecule is O=C(c1ccccc1O)C(C(O)c1cccc(Br)n1)C(O)c1cccc(Br)n1. The van der Waals surface area contributed by atoms with Gasteiger partial charge in [-0.1, -0.05) is 24.3 Å². The normalized spacial score (nSPS) is 14.3. The number of benzene rings is 1. The molecule has 3 aromatic rings. The molecule has 0 aliphatic heterocycles. The maximum Gasteiger partial charge on any atom is 0.175 e. The Hall–Kier alpha value is -2.13. The number of hydrogen-bond acceptors (Lipinski definition) is 6. The van der Waals surface area contributed by atoms with Crippen LogP contribution in [0.4, 0.5) is 0 Å². The van der Waals surface area contributed by atoms with Crippen molar-refractivity contribution >= 4 is 37.6 Å². The minimum Gasteiger partial charge on any atom is -0.507 e. The van der Waals surface area contributed by atoms with Crippen molar-refractivity contribution in [3.05, 3.63) is 86.8 Å². The molecule has 8 heteroatoms. The lowest BCUT2D eigenvalue weighted by Crippen LogP contribution is -2.30. The zero-order valence-corrected chi connectivity index (χ0v) is 17.6. The molecule has 0 amide bonds. The average Bonchev–Trinajstić information content (AvgIpc) is 2.68. The van der Waals surface area contributed by atoms with Crippen LogP contribution >= 0.6 is 31.9 Å². The molecule has 0 saturated heterocycles. The lowest BCUT2D eigenvalue weighted by molar-refractivity contribution is 0.0109. The summed E-state index contributed by atoms with van der Waals surface area (Å²) in [5.74, 6) is -2.19. The van der Waals surface area contributed by atoms with Gasteiger partial charge in [0.2, 0.25) is 0 Å². The molecule has 0 aliphatic carbocycles. The predicted molar refractivity (Wildman–Crippen MR) is 110 cm³/mol. The van der Waals surface area contributed by atoms with Crippen LogP contribution in [0.3, 0.4) is 0 Å². The summed E-state index contributed by atoms with van der Waals surface area (Å²) in [5.41, 5.74) is 0.407. The number of carbonyl (C=O) groups is 1. The molecule has 3 N–H and O–H groups in total. The highest BCUT2D eigenvalue weighted by molar-refractivity contribution is 9.10. The Kier molecular flexibility index (Phi) is 6.56. The topological polar surface area (TPSA) is 104 Å². The Morgan fingerprint density at radius 3 is 1.75 bits per heavy atom. The first kappa shape index (κ1) is 20.6. The van der Waals surface area contributed by atoms with Gasteiger partial charge in [0.1, 0.15) is 27.2 Å². The Morgan fingerprint density at radius 2 is 1.29 bits per heavy atom. The number of carbonyl (C=O) groups excluding carboxylic acids is 1. The highest BCUT2D eigenvalue weighted by Gasteiger charge is 2.38. The first-order chi connectivity index (χ1) is 13.4. The summed E-state index contributed by atoms with van der Waals surface area (Å²) in [6.07, 6.45) is -2.86. The minimum atomic E-state index is -1.43. The lowest BCUT2D eigenvalue weighted by atomic mass is 9.84. The number of halogens is 2. The van der Waals surface area contributed by atoms with E-state index < -0.39 is 23.9 Å². The van der Waals surface area contributed by atoms with Gasteiger partial charge in [-0.3, -0.25) is 4.79 Å². The maximum absolute atomic E-state index is 13.2. The summed E-state index contributed by atoms with van der Waals surface area (Å²) in [6.45, 7) is 0. The largest absolute Gasteiger partial charge is 0.507 e. The zero-order chi connectivity index (χ0) is 20.3. The second-order valence-corrected chi connectivity index (χ2v) is 7.69. The van der Waals surface area contributed by atoms with Gasteiger partial charge in [-0.25, -0.2) is 9.97 Å². The molecule has 0 spiro atoms. The number of ketones is 1. The van der Waals surface area contributed by atoms with E-state index in [9.17, 15) is 20.1 Å². The van der Waals surface area contributed by atoms with Gasteiger partial charge < -0.3 is 15.3 Å². The molecule has 144 valence electrons. The van der Waals surface area contributed by atoms with E-state index >= 15 is 0 Å². The Balaban J connectivity index is 2.07. The third-order valence-corrected chi connectivity index (χ3v) is 5.12. The second-order valence-electron chi connectivity index (χ2n) is 6.07. The molecule has 3 rings (SSSR count). The van der Waals surface area contributed by atoms with E-state index in [1.54, 1.807) is 48.5 Å². The molecule has 2 atom stereocenters. The second kappa shape index (κ2) is 8.91. The molecule has 0 bridgehead atoms. The fourth-order valence-corrected chi connectivity index (χ4v) is 3.58. The van der Waals surface area contributed by atoms with Crippen LogP contribution in [0.5, 0.6) is 5.75 Å². The van der Waals surface area contributed by atoms with E-state index in [-0.39, 0.29) is 22.7 Å². The Labute approximate surface area is 178 Å². The third kappa shape index (κ3) is 4.47. The van der Waals surface area contributed by atoms with Gasteiger partial charge in [0.05, 0.1) is 22.9 Å². The first-order valence-electron chi connectivity index (χ1n) is 8.31. The van der Waals surface area contributed by atoms with E-state index in [4.69, 9.17) is 0 Å². The number of aliphatic hydroxyl groups excluding tert-OH is 2. The minimum absolute atomic E-state index is 0.00408. The van der Waals surface area contributed by atoms with E-state index in [1.165, 1.54) is 12.1 Å². The summed E-state index contributed by atoms with van der Waals surface area (Å²) in [6, 6.07) is 15.8. The molecular formula is C20H16Br2N2O4. The van der Waals surface area contributed by atoms with Gasteiger partial charge in [0, 0.05) is 0 Å². The fourth-order valence-electron chi connectivity index (χ4n) is 2.87. The van der Waals surface area contributed by atoms with Crippen molar-refractivity contribution in [2.45, 2.75) is 12.2 Å². The van der Waals surface area contributed by atoms with Crippen LogP contribution in [0.15, 0.2) is 69.9 Å². The van der Waals surface area contributed by atoms with Gasteiger partial charge in [-0.05, 0) is 68.3 Å². The molecule has 2 aromatic heterocycles. The van der Waals surface area contributed by atoms with Crippen LogP contribution in [-0.2, 0) is 0 Å². The number of aliphatic hydroxyl groups is 2. The molecule has 0 fully saturated rings. The molecular weight excluding hydrogens is 492 g/mol. The molecule has 6 nitrogen and oxygen atoms in total.